The Kier molecular flexibility index (Phi) is 15.9. The van der Waals surface area contributed by atoms with Gasteiger partial charge >= 0.3 is 0 Å². The van der Waals surface area contributed by atoms with E-state index < -0.39 is 0 Å². The number of benzene rings is 2. The molecule has 0 saturated carbocycles. The summed E-state index contributed by atoms with van der Waals surface area (Å²) >= 11 is 0. The van der Waals surface area contributed by atoms with Crippen LogP contribution in [-0.2, 0) is 0 Å². The van der Waals surface area contributed by atoms with E-state index in [1.165, 1.54) is 26.2 Å². The molecule has 0 radical (unpaired) electrons. The van der Waals surface area contributed by atoms with E-state index in [1.807, 2.05) is 81.5 Å². The summed E-state index contributed by atoms with van der Waals surface area (Å²) in [7, 11) is 4.35. The number of hydrogen-bond acceptors (Lipinski definition) is 5. The fraction of sp³-hybridized carbons (Fsp3) is 0.452. The van der Waals surface area contributed by atoms with E-state index in [0.29, 0.717) is 11.4 Å². The number of unbranched alkanes of at least 4 members (excludes halogenated alkanes) is 1. The molecule has 0 aromatic heterocycles. The zero-order valence-corrected chi connectivity index (χ0v) is 23.5. The van der Waals surface area contributed by atoms with Gasteiger partial charge < -0.3 is 25.8 Å². The Hall–Kier alpha value is -2.89. The molecule has 5 heteroatoms. The summed E-state index contributed by atoms with van der Waals surface area (Å²) in [5.74, 6) is 0. The molecule has 1 heterocycles. The second-order valence-corrected chi connectivity index (χ2v) is 8.90. The van der Waals surface area contributed by atoms with E-state index in [9.17, 15) is 0 Å². The van der Waals surface area contributed by atoms with Crippen molar-refractivity contribution >= 4 is 23.2 Å². The van der Waals surface area contributed by atoms with Crippen LogP contribution in [0.25, 0.3) is 6.08 Å². The summed E-state index contributed by atoms with van der Waals surface area (Å²) in [5, 5.41) is 8.43. The van der Waals surface area contributed by atoms with Crippen LogP contribution in [-0.4, -0.2) is 68.9 Å². The van der Waals surface area contributed by atoms with Crippen molar-refractivity contribution in [2.45, 2.75) is 40.5 Å². The molecule has 0 amide bonds. The molecule has 2 aromatic rings. The largest absolute Gasteiger partial charge is 0.398 e. The molecule has 0 unspecified atom stereocenters. The van der Waals surface area contributed by atoms with Crippen molar-refractivity contribution in [3.05, 3.63) is 77.9 Å². The van der Waals surface area contributed by atoms with E-state index in [-0.39, 0.29) is 0 Å². The average Bonchev–Trinajstić information content (AvgIpc) is 2.91. The summed E-state index contributed by atoms with van der Waals surface area (Å²) in [6.45, 7) is 15.0. The maximum atomic E-state index is 8.43. The van der Waals surface area contributed by atoms with Gasteiger partial charge in [0.2, 0.25) is 0 Å². The number of anilines is 2. The van der Waals surface area contributed by atoms with Crippen LogP contribution in [0.5, 0.6) is 0 Å². The number of piperazine rings is 1. The van der Waals surface area contributed by atoms with Crippen LogP contribution in [0.4, 0.5) is 11.4 Å². The molecule has 0 aliphatic carbocycles. The third-order valence-corrected chi connectivity index (χ3v) is 6.00. The highest BCUT2D eigenvalue weighted by atomic mass is 15.2. The number of hydrogen-bond donors (Lipinski definition) is 2. The normalized spacial score (nSPS) is 14.2. The molecule has 2 aromatic carbocycles. The van der Waals surface area contributed by atoms with Gasteiger partial charge in [-0.2, -0.15) is 0 Å². The average molecular weight is 492 g/mol. The molecule has 3 rings (SSSR count). The Labute approximate surface area is 220 Å². The quantitative estimate of drug-likeness (QED) is 0.241. The van der Waals surface area contributed by atoms with Crippen LogP contribution in [0.3, 0.4) is 0 Å². The number of nitrogens with zero attached hydrogens (tertiary/aromatic N) is 3. The Morgan fingerprint density at radius 1 is 1.00 bits per heavy atom. The van der Waals surface area contributed by atoms with Crippen LogP contribution >= 0.6 is 0 Å². The van der Waals surface area contributed by atoms with Crippen molar-refractivity contribution in [1.29, 1.82) is 5.41 Å². The van der Waals surface area contributed by atoms with E-state index in [1.54, 1.807) is 0 Å². The minimum absolute atomic E-state index is 0.426. The third-order valence-electron chi connectivity index (χ3n) is 6.00. The molecule has 1 aliphatic rings. The van der Waals surface area contributed by atoms with Crippen molar-refractivity contribution in [2.24, 2.45) is 0 Å². The fourth-order valence-electron chi connectivity index (χ4n) is 3.62. The first-order valence-electron chi connectivity index (χ1n) is 13.4. The van der Waals surface area contributed by atoms with Crippen LogP contribution in [0.1, 0.15) is 51.7 Å². The van der Waals surface area contributed by atoms with Gasteiger partial charge in [0.05, 0.1) is 5.71 Å². The molecule has 1 saturated heterocycles. The zero-order valence-electron chi connectivity index (χ0n) is 23.5. The lowest BCUT2D eigenvalue weighted by Crippen LogP contribution is -2.42. The molecular formula is C31H49N5. The number of allylic oxidation sites excluding steroid dienone is 2. The maximum absolute atomic E-state index is 8.43. The predicted octanol–water partition coefficient (Wildman–Crippen LogP) is 6.42. The number of nitrogen functional groups attached to an aromatic ring is 1. The first-order valence-corrected chi connectivity index (χ1v) is 13.4. The van der Waals surface area contributed by atoms with Gasteiger partial charge in [-0.05, 0) is 57.3 Å². The second-order valence-electron chi connectivity index (χ2n) is 8.90. The molecule has 1 fully saturated rings. The fourth-order valence-corrected chi connectivity index (χ4v) is 3.62. The van der Waals surface area contributed by atoms with E-state index in [0.717, 1.165) is 42.7 Å². The molecule has 0 bridgehead atoms. The zero-order chi connectivity index (χ0) is 26.8. The minimum Gasteiger partial charge on any atom is -0.398 e. The smallest absolute Gasteiger partial charge is 0.0633 e. The molecule has 36 heavy (non-hydrogen) atoms. The number of nitrogens with one attached hydrogen (secondary N) is 1. The van der Waals surface area contributed by atoms with Crippen LogP contribution in [0.2, 0.25) is 0 Å². The lowest BCUT2D eigenvalue weighted by molar-refractivity contribution is 0.181. The Bertz CT molecular complexity index is 902. The van der Waals surface area contributed by atoms with Gasteiger partial charge in [-0.3, -0.25) is 0 Å². The summed E-state index contributed by atoms with van der Waals surface area (Å²) in [6.07, 6.45) is 10.3. The highest BCUT2D eigenvalue weighted by Crippen LogP contribution is 2.23. The minimum atomic E-state index is 0.426. The van der Waals surface area contributed by atoms with Gasteiger partial charge in [0.1, 0.15) is 0 Å². The van der Waals surface area contributed by atoms with Crippen molar-refractivity contribution in [3.63, 3.8) is 0 Å². The first-order chi connectivity index (χ1) is 17.4. The number of nitrogens with two attached hydrogens (primary N) is 1. The summed E-state index contributed by atoms with van der Waals surface area (Å²) in [5.41, 5.74) is 10.2. The van der Waals surface area contributed by atoms with Crippen LogP contribution < -0.4 is 10.6 Å². The number of likely N-dealkylation sites (N-methyl/N-ethyl adjacent to an activating group) is 2. The molecule has 1 aliphatic heterocycles. The monoisotopic (exact) mass is 491 g/mol. The Morgan fingerprint density at radius 3 is 2.17 bits per heavy atom. The summed E-state index contributed by atoms with van der Waals surface area (Å²) < 4.78 is 0. The number of rotatable bonds is 9. The van der Waals surface area contributed by atoms with Crippen molar-refractivity contribution in [2.75, 3.05) is 64.0 Å². The molecular weight excluding hydrogens is 442 g/mol. The van der Waals surface area contributed by atoms with Gasteiger partial charge in [-0.1, -0.05) is 75.8 Å². The predicted molar refractivity (Wildman–Crippen MR) is 161 cm³/mol. The Balaban J connectivity index is 0.000000543. The van der Waals surface area contributed by atoms with Gasteiger partial charge in [0.15, 0.2) is 0 Å². The van der Waals surface area contributed by atoms with E-state index in [4.69, 9.17) is 11.1 Å². The van der Waals surface area contributed by atoms with Gasteiger partial charge in [-0.15, -0.1) is 0 Å². The second kappa shape index (κ2) is 18.4. The van der Waals surface area contributed by atoms with Crippen molar-refractivity contribution in [1.82, 2.24) is 9.80 Å². The molecule has 198 valence electrons. The van der Waals surface area contributed by atoms with Crippen molar-refractivity contribution < 1.29 is 0 Å². The lowest BCUT2D eigenvalue weighted by Gasteiger charge is -2.28. The SMILES string of the molecule is C/C=C/CN(CCCC)c1ccc(N)c(C(=N)/C=C/c2ccccc2)c1.CC.CN1CCN(C)CC1. The molecule has 3 N–H and O–H groups in total. The van der Waals surface area contributed by atoms with Crippen molar-refractivity contribution in [3.8, 4) is 0 Å². The molecule has 5 nitrogen and oxygen atoms in total. The maximum Gasteiger partial charge on any atom is 0.0633 e. The highest BCUT2D eigenvalue weighted by Gasteiger charge is 2.10. The summed E-state index contributed by atoms with van der Waals surface area (Å²) in [6, 6.07) is 16.0. The molecule has 0 atom stereocenters. The first kappa shape index (κ1) is 31.1. The Morgan fingerprint density at radius 2 is 1.61 bits per heavy atom. The summed E-state index contributed by atoms with van der Waals surface area (Å²) in [4.78, 5) is 7.06. The van der Waals surface area contributed by atoms with Crippen LogP contribution in [0, 0.1) is 5.41 Å². The molecule has 0 spiro atoms. The van der Waals surface area contributed by atoms with E-state index >= 15 is 0 Å². The van der Waals surface area contributed by atoms with Crippen LogP contribution in [0.15, 0.2) is 66.8 Å². The standard InChI is InChI=1S/C23H29N3.C6H14N2.C2H6/c1-3-5-16-26(17-6-4-2)20-13-15-23(25)21(18-20)22(24)14-12-19-10-8-7-9-11-19;1-7-3-5-8(2)6-4-7;1-2/h3,5,7-15,18,24H,4,6,16-17,25H2,1-2H3;3-6H2,1-2H3;1-2H3/b5-3+,14-12+,24-22?;;. The van der Waals surface area contributed by atoms with Gasteiger partial charge in [0, 0.05) is 56.2 Å². The van der Waals surface area contributed by atoms with E-state index in [2.05, 4.69) is 47.9 Å². The van der Waals surface area contributed by atoms with Gasteiger partial charge in [0.25, 0.3) is 0 Å². The highest BCUT2D eigenvalue weighted by molar-refractivity contribution is 6.12. The lowest BCUT2D eigenvalue weighted by atomic mass is 10.0. The topological polar surface area (TPSA) is 59.6 Å². The van der Waals surface area contributed by atoms with Gasteiger partial charge in [-0.25, -0.2) is 0 Å². The third kappa shape index (κ3) is 11.7.